The summed E-state index contributed by atoms with van der Waals surface area (Å²) >= 11 is 0. The molecule has 0 saturated carbocycles. The Morgan fingerprint density at radius 1 is 1.18 bits per heavy atom. The number of carbonyl (C=O) groups is 1. The summed E-state index contributed by atoms with van der Waals surface area (Å²) in [5, 5.41) is 0. The number of amides is 1. The Kier molecular flexibility index (Phi) is 7.49. The van der Waals surface area contributed by atoms with Gasteiger partial charge in [0, 0.05) is 19.3 Å². The van der Waals surface area contributed by atoms with Crippen molar-refractivity contribution in [3.63, 3.8) is 0 Å². The first-order valence-corrected chi connectivity index (χ1v) is 12.9. The molecule has 1 saturated heterocycles. The van der Waals surface area contributed by atoms with E-state index in [4.69, 9.17) is 4.74 Å². The molecule has 1 aromatic carbocycles. The van der Waals surface area contributed by atoms with E-state index in [0.717, 1.165) is 24.0 Å². The van der Waals surface area contributed by atoms with Gasteiger partial charge in [0.15, 0.2) is 0 Å². The highest BCUT2D eigenvalue weighted by molar-refractivity contribution is 7.89. The molecule has 33 heavy (non-hydrogen) atoms. The van der Waals surface area contributed by atoms with Crippen LogP contribution in [0.3, 0.4) is 0 Å². The van der Waals surface area contributed by atoms with Crippen molar-refractivity contribution in [1.82, 2.24) is 9.29 Å². The summed E-state index contributed by atoms with van der Waals surface area (Å²) in [7, 11) is -3.61. The Balaban J connectivity index is 1.85. The monoisotopic (exact) mass is 473 g/mol. The molecule has 7 nitrogen and oxygen atoms in total. The lowest BCUT2D eigenvalue weighted by Gasteiger charge is -2.28. The second-order valence-corrected chi connectivity index (χ2v) is 11.9. The van der Waals surface area contributed by atoms with Gasteiger partial charge in [0.2, 0.25) is 10.0 Å². The normalized spacial score (nSPS) is 17.4. The molecule has 1 aliphatic rings. The third-order valence-electron chi connectivity index (χ3n) is 5.42. The van der Waals surface area contributed by atoms with Gasteiger partial charge < -0.3 is 4.74 Å². The Morgan fingerprint density at radius 3 is 2.39 bits per heavy atom. The summed E-state index contributed by atoms with van der Waals surface area (Å²) in [5.74, 6) is 0.719. The molecule has 2 aromatic rings. The SMILES string of the molecule is Cc1ccc(S(=O)(=O)N2CCCC2c2ccc(N(CC(C)C)C(=O)OC(C)(C)C)nc2)cc1. The number of sulfonamides is 1. The van der Waals surface area contributed by atoms with Crippen molar-refractivity contribution in [2.45, 2.75) is 70.9 Å². The second-order valence-electron chi connectivity index (χ2n) is 10.0. The highest BCUT2D eigenvalue weighted by Gasteiger charge is 2.36. The molecule has 1 aliphatic heterocycles. The minimum absolute atomic E-state index is 0.226. The molecule has 3 rings (SSSR count). The summed E-state index contributed by atoms with van der Waals surface area (Å²) < 4.78 is 33.7. The quantitative estimate of drug-likeness (QED) is 0.568. The number of carbonyl (C=O) groups excluding carboxylic acids is 1. The highest BCUT2D eigenvalue weighted by Crippen LogP contribution is 2.36. The van der Waals surface area contributed by atoms with Crippen molar-refractivity contribution >= 4 is 21.9 Å². The van der Waals surface area contributed by atoms with Crippen LogP contribution in [0.2, 0.25) is 0 Å². The van der Waals surface area contributed by atoms with Crippen LogP contribution >= 0.6 is 0 Å². The molecule has 0 radical (unpaired) electrons. The average molecular weight is 474 g/mol. The molecule has 0 N–H and O–H groups in total. The Hall–Kier alpha value is -2.45. The first-order chi connectivity index (χ1) is 15.4. The first-order valence-electron chi connectivity index (χ1n) is 11.4. The van der Waals surface area contributed by atoms with Gasteiger partial charge in [-0.1, -0.05) is 37.6 Å². The molecule has 1 amide bonds. The molecule has 180 valence electrons. The number of hydrogen-bond donors (Lipinski definition) is 0. The summed E-state index contributed by atoms with van der Waals surface area (Å²) in [4.78, 5) is 19.1. The van der Waals surface area contributed by atoms with E-state index in [-0.39, 0.29) is 12.0 Å². The van der Waals surface area contributed by atoms with E-state index < -0.39 is 21.7 Å². The van der Waals surface area contributed by atoms with Crippen LogP contribution in [0.5, 0.6) is 0 Å². The minimum Gasteiger partial charge on any atom is -0.443 e. The molecule has 1 fully saturated rings. The Morgan fingerprint density at radius 2 is 1.85 bits per heavy atom. The fraction of sp³-hybridized carbons (Fsp3) is 0.520. The lowest BCUT2D eigenvalue weighted by Crippen LogP contribution is -2.39. The van der Waals surface area contributed by atoms with Gasteiger partial charge in [-0.2, -0.15) is 4.31 Å². The van der Waals surface area contributed by atoms with Gasteiger partial charge in [0.05, 0.1) is 10.9 Å². The van der Waals surface area contributed by atoms with Crippen LogP contribution in [-0.2, 0) is 14.8 Å². The standard InChI is InChI=1S/C25H35N3O4S/c1-18(2)17-27(24(29)32-25(4,5)6)23-14-11-20(16-26-23)22-8-7-15-28(22)33(30,31)21-12-9-19(3)10-13-21/h9-14,16,18,22H,7-8,15,17H2,1-6H3. The zero-order valence-corrected chi connectivity index (χ0v) is 21.2. The van der Waals surface area contributed by atoms with Gasteiger partial charge in [0.25, 0.3) is 0 Å². The van der Waals surface area contributed by atoms with Crippen molar-refractivity contribution in [3.8, 4) is 0 Å². The number of pyridine rings is 1. The molecule has 2 heterocycles. The topological polar surface area (TPSA) is 79.8 Å². The van der Waals surface area contributed by atoms with Gasteiger partial charge in [-0.3, -0.25) is 4.90 Å². The predicted octanol–water partition coefficient (Wildman–Crippen LogP) is 5.31. The van der Waals surface area contributed by atoms with Crippen LogP contribution in [0, 0.1) is 12.8 Å². The highest BCUT2D eigenvalue weighted by atomic mass is 32.2. The maximum atomic E-state index is 13.3. The number of aryl methyl sites for hydroxylation is 1. The molecular weight excluding hydrogens is 438 g/mol. The molecule has 1 unspecified atom stereocenters. The predicted molar refractivity (Wildman–Crippen MR) is 130 cm³/mol. The molecule has 8 heteroatoms. The van der Waals surface area contributed by atoms with Crippen LogP contribution in [0.15, 0.2) is 47.5 Å². The average Bonchev–Trinajstić information content (AvgIpc) is 3.22. The van der Waals surface area contributed by atoms with Crippen molar-refractivity contribution in [2.24, 2.45) is 5.92 Å². The second kappa shape index (κ2) is 9.81. The van der Waals surface area contributed by atoms with Crippen molar-refractivity contribution in [3.05, 3.63) is 53.7 Å². The Bertz CT molecular complexity index is 1060. The van der Waals surface area contributed by atoms with Crippen molar-refractivity contribution in [2.75, 3.05) is 18.0 Å². The fourth-order valence-corrected chi connectivity index (χ4v) is 5.59. The van der Waals surface area contributed by atoms with Gasteiger partial charge >= 0.3 is 6.09 Å². The summed E-state index contributed by atoms with van der Waals surface area (Å²) in [6, 6.07) is 10.3. The Labute approximate surface area is 197 Å². The number of rotatable bonds is 6. The number of nitrogens with zero attached hydrogens (tertiary/aromatic N) is 3. The van der Waals surface area contributed by atoms with Gasteiger partial charge in [-0.25, -0.2) is 18.2 Å². The lowest BCUT2D eigenvalue weighted by molar-refractivity contribution is 0.0575. The van der Waals surface area contributed by atoms with Crippen LogP contribution in [0.25, 0.3) is 0 Å². The summed E-state index contributed by atoms with van der Waals surface area (Å²) in [5.41, 5.74) is 1.23. The first kappa shape index (κ1) is 25.2. The minimum atomic E-state index is -3.61. The van der Waals surface area contributed by atoms with Crippen LogP contribution < -0.4 is 4.90 Å². The van der Waals surface area contributed by atoms with E-state index in [9.17, 15) is 13.2 Å². The van der Waals surface area contributed by atoms with E-state index >= 15 is 0 Å². The van der Waals surface area contributed by atoms with E-state index in [0.29, 0.717) is 23.8 Å². The third kappa shape index (κ3) is 6.12. The molecule has 1 aromatic heterocycles. The summed E-state index contributed by atoms with van der Waals surface area (Å²) in [6.45, 7) is 12.4. The molecular formula is C25H35N3O4S. The van der Waals surface area contributed by atoms with Gasteiger partial charge in [-0.05, 0) is 70.2 Å². The molecule has 0 spiro atoms. The van der Waals surface area contributed by atoms with Crippen molar-refractivity contribution in [1.29, 1.82) is 0 Å². The third-order valence-corrected chi connectivity index (χ3v) is 7.35. The largest absolute Gasteiger partial charge is 0.443 e. The zero-order valence-electron chi connectivity index (χ0n) is 20.4. The van der Waals surface area contributed by atoms with Crippen molar-refractivity contribution < 1.29 is 17.9 Å². The number of benzene rings is 1. The zero-order chi connectivity index (χ0) is 24.4. The van der Waals surface area contributed by atoms with E-state index in [2.05, 4.69) is 4.98 Å². The number of hydrogen-bond acceptors (Lipinski definition) is 5. The van der Waals surface area contributed by atoms with Crippen LogP contribution in [0.4, 0.5) is 10.6 Å². The fourth-order valence-electron chi connectivity index (χ4n) is 3.90. The number of anilines is 1. The van der Waals surface area contributed by atoms with E-state index in [1.165, 1.54) is 4.90 Å². The van der Waals surface area contributed by atoms with Gasteiger partial charge in [-0.15, -0.1) is 0 Å². The van der Waals surface area contributed by atoms with Crippen LogP contribution in [-0.4, -0.2) is 42.5 Å². The van der Waals surface area contributed by atoms with E-state index in [1.807, 2.05) is 59.7 Å². The van der Waals surface area contributed by atoms with Gasteiger partial charge in [0.1, 0.15) is 11.4 Å². The number of aromatic nitrogens is 1. The van der Waals surface area contributed by atoms with Crippen LogP contribution in [0.1, 0.15) is 64.6 Å². The number of ether oxygens (including phenoxy) is 1. The van der Waals surface area contributed by atoms with E-state index in [1.54, 1.807) is 28.7 Å². The lowest BCUT2D eigenvalue weighted by atomic mass is 10.1. The molecule has 1 atom stereocenters. The maximum absolute atomic E-state index is 13.3. The maximum Gasteiger partial charge on any atom is 0.416 e. The molecule has 0 aliphatic carbocycles. The molecule has 0 bridgehead atoms. The summed E-state index contributed by atoms with van der Waals surface area (Å²) in [6.07, 6.45) is 2.75. The smallest absolute Gasteiger partial charge is 0.416 e.